The van der Waals surface area contributed by atoms with Crippen LogP contribution in [0.4, 0.5) is 4.39 Å². The fourth-order valence-corrected chi connectivity index (χ4v) is 1.78. The smallest absolute Gasteiger partial charge is 0.163 e. The molecular formula is C15H22FNO2. The van der Waals surface area contributed by atoms with Crippen LogP contribution in [0.25, 0.3) is 0 Å². The molecule has 0 saturated heterocycles. The highest BCUT2D eigenvalue weighted by Crippen LogP contribution is 2.28. The normalized spacial score (nSPS) is 11.9. The molecule has 0 radical (unpaired) electrons. The van der Waals surface area contributed by atoms with Gasteiger partial charge in [0.15, 0.2) is 5.78 Å². The van der Waals surface area contributed by atoms with Crippen LogP contribution in [0.1, 0.15) is 50.0 Å². The zero-order valence-corrected chi connectivity index (χ0v) is 12.2. The minimum Gasteiger partial charge on any atom is -0.507 e. The lowest BCUT2D eigenvalue weighted by atomic mass is 9.98. The van der Waals surface area contributed by atoms with E-state index in [0.717, 1.165) is 12.5 Å². The van der Waals surface area contributed by atoms with Crippen LogP contribution in [0.2, 0.25) is 0 Å². The predicted molar refractivity (Wildman–Crippen MR) is 73.9 cm³/mol. The highest BCUT2D eigenvalue weighted by Gasteiger charge is 2.23. The minimum atomic E-state index is -0.499. The van der Waals surface area contributed by atoms with Crippen molar-refractivity contribution in [1.29, 1.82) is 0 Å². The van der Waals surface area contributed by atoms with Crippen molar-refractivity contribution >= 4 is 5.78 Å². The molecule has 0 saturated carbocycles. The maximum atomic E-state index is 13.5. The first-order chi connectivity index (χ1) is 8.69. The van der Waals surface area contributed by atoms with Gasteiger partial charge in [-0.05, 0) is 46.4 Å². The van der Waals surface area contributed by atoms with Crippen molar-refractivity contribution in [3.63, 3.8) is 0 Å². The second-order valence-electron chi connectivity index (χ2n) is 5.54. The van der Waals surface area contributed by atoms with Crippen molar-refractivity contribution in [3.05, 3.63) is 29.1 Å². The van der Waals surface area contributed by atoms with Gasteiger partial charge in [0.25, 0.3) is 0 Å². The molecule has 0 bridgehead atoms. The number of hydrogen-bond acceptors (Lipinski definition) is 3. The summed E-state index contributed by atoms with van der Waals surface area (Å²) in [5.74, 6) is -0.955. The molecule has 0 fully saturated rings. The molecular weight excluding hydrogens is 245 g/mol. The number of hydrogen-bond donors (Lipinski definition) is 1. The van der Waals surface area contributed by atoms with Crippen LogP contribution in [0, 0.1) is 5.82 Å². The Morgan fingerprint density at radius 2 is 2.00 bits per heavy atom. The predicted octanol–water partition coefficient (Wildman–Crippen LogP) is 3.35. The van der Waals surface area contributed by atoms with E-state index >= 15 is 0 Å². The summed E-state index contributed by atoms with van der Waals surface area (Å²) in [6, 6.07) is 2.36. The van der Waals surface area contributed by atoms with Gasteiger partial charge in [-0.15, -0.1) is 0 Å². The highest BCUT2D eigenvalue weighted by molar-refractivity contribution is 5.97. The van der Waals surface area contributed by atoms with Gasteiger partial charge in [0.1, 0.15) is 11.6 Å². The van der Waals surface area contributed by atoms with E-state index in [9.17, 15) is 14.3 Å². The van der Waals surface area contributed by atoms with E-state index in [2.05, 4.69) is 20.8 Å². The Hall–Kier alpha value is -1.42. The summed E-state index contributed by atoms with van der Waals surface area (Å²) in [5, 5.41) is 10.1. The number of halogens is 1. The lowest BCUT2D eigenvalue weighted by Gasteiger charge is -2.35. The third kappa shape index (κ3) is 3.53. The Morgan fingerprint density at radius 3 is 2.47 bits per heavy atom. The fourth-order valence-electron chi connectivity index (χ4n) is 1.78. The fraction of sp³-hybridized carbons (Fsp3) is 0.533. The van der Waals surface area contributed by atoms with Gasteiger partial charge in [-0.3, -0.25) is 9.69 Å². The third-order valence-corrected chi connectivity index (χ3v) is 3.84. The first-order valence-electron chi connectivity index (χ1n) is 6.42. The molecule has 0 heterocycles. The van der Waals surface area contributed by atoms with Crippen molar-refractivity contribution in [2.24, 2.45) is 0 Å². The number of phenols is 1. The zero-order chi connectivity index (χ0) is 14.8. The van der Waals surface area contributed by atoms with Gasteiger partial charge in [0, 0.05) is 17.6 Å². The van der Waals surface area contributed by atoms with Crippen molar-refractivity contribution in [2.45, 2.75) is 46.2 Å². The molecule has 1 rings (SSSR count). The van der Waals surface area contributed by atoms with Crippen LogP contribution >= 0.6 is 0 Å². The SMILES string of the molecule is CCC(C)(C)N(C)Cc1cc(F)cc(C(C)=O)c1O. The molecule has 3 nitrogen and oxygen atoms in total. The Morgan fingerprint density at radius 1 is 1.42 bits per heavy atom. The van der Waals surface area contributed by atoms with Gasteiger partial charge in [0.2, 0.25) is 0 Å². The summed E-state index contributed by atoms with van der Waals surface area (Å²) in [4.78, 5) is 13.4. The van der Waals surface area contributed by atoms with Gasteiger partial charge in [0.05, 0.1) is 5.56 Å². The second-order valence-corrected chi connectivity index (χ2v) is 5.54. The minimum absolute atomic E-state index is 0.0395. The number of benzene rings is 1. The third-order valence-electron chi connectivity index (χ3n) is 3.84. The van der Waals surface area contributed by atoms with Crippen LogP contribution in [-0.2, 0) is 6.54 Å². The van der Waals surface area contributed by atoms with Crippen molar-refractivity contribution < 1.29 is 14.3 Å². The molecule has 0 aromatic heterocycles. The first-order valence-corrected chi connectivity index (χ1v) is 6.42. The highest BCUT2D eigenvalue weighted by atomic mass is 19.1. The number of nitrogens with zero attached hydrogens (tertiary/aromatic N) is 1. The molecule has 106 valence electrons. The van der Waals surface area contributed by atoms with Crippen LogP contribution in [0.15, 0.2) is 12.1 Å². The summed E-state index contributed by atoms with van der Waals surface area (Å²) in [7, 11) is 1.92. The molecule has 0 spiro atoms. The van der Waals surface area contributed by atoms with Gasteiger partial charge in [-0.2, -0.15) is 0 Å². The number of ketones is 1. The molecule has 0 unspecified atom stereocenters. The topological polar surface area (TPSA) is 40.5 Å². The lowest BCUT2D eigenvalue weighted by Crippen LogP contribution is -2.39. The Balaban J connectivity index is 3.12. The summed E-state index contributed by atoms with van der Waals surface area (Å²) >= 11 is 0. The second kappa shape index (κ2) is 5.70. The summed E-state index contributed by atoms with van der Waals surface area (Å²) in [6.07, 6.45) is 0.930. The number of rotatable bonds is 5. The molecule has 4 heteroatoms. The first kappa shape index (κ1) is 15.6. The van der Waals surface area contributed by atoms with Gasteiger partial charge in [-0.1, -0.05) is 6.92 Å². The van der Waals surface area contributed by atoms with Crippen LogP contribution < -0.4 is 0 Å². The number of phenolic OH excluding ortho intramolecular Hbond substituents is 1. The van der Waals surface area contributed by atoms with Gasteiger partial charge < -0.3 is 5.11 Å². The quantitative estimate of drug-likeness (QED) is 0.832. The van der Waals surface area contributed by atoms with Gasteiger partial charge >= 0.3 is 0 Å². The molecule has 0 aliphatic carbocycles. The van der Waals surface area contributed by atoms with Crippen molar-refractivity contribution in [2.75, 3.05) is 7.05 Å². The number of carbonyl (C=O) groups is 1. The molecule has 0 aliphatic rings. The summed E-state index contributed by atoms with van der Waals surface area (Å²) in [6.45, 7) is 7.94. The number of Topliss-reactive ketones (excluding diaryl/α,β-unsaturated/α-hetero) is 1. The standard InChI is InChI=1S/C15H22FNO2/c1-6-15(3,4)17(5)9-11-7-12(16)8-13(10(2)18)14(11)19/h7-8,19H,6,9H2,1-5H3. The van der Waals surface area contributed by atoms with E-state index < -0.39 is 5.82 Å². The molecule has 0 amide bonds. The van der Waals surface area contributed by atoms with Crippen LogP contribution in [0.5, 0.6) is 5.75 Å². The average molecular weight is 267 g/mol. The maximum Gasteiger partial charge on any atom is 0.163 e. The number of carbonyl (C=O) groups excluding carboxylic acids is 1. The van der Waals surface area contributed by atoms with Crippen LogP contribution in [0.3, 0.4) is 0 Å². The largest absolute Gasteiger partial charge is 0.507 e. The van der Waals surface area contributed by atoms with E-state index in [0.29, 0.717) is 12.1 Å². The van der Waals surface area contributed by atoms with E-state index in [1.807, 2.05) is 11.9 Å². The zero-order valence-electron chi connectivity index (χ0n) is 12.2. The van der Waals surface area contributed by atoms with E-state index in [1.54, 1.807) is 0 Å². The summed E-state index contributed by atoms with van der Waals surface area (Å²) in [5.41, 5.74) is 0.418. The molecule has 0 atom stereocenters. The van der Waals surface area contributed by atoms with Gasteiger partial charge in [-0.25, -0.2) is 4.39 Å². The van der Waals surface area contributed by atoms with Crippen molar-refractivity contribution in [3.8, 4) is 5.75 Å². The van der Waals surface area contributed by atoms with E-state index in [4.69, 9.17) is 0 Å². The van der Waals surface area contributed by atoms with E-state index in [-0.39, 0.29) is 22.6 Å². The molecule has 1 aromatic carbocycles. The average Bonchev–Trinajstić information content (AvgIpc) is 2.32. The summed E-state index contributed by atoms with van der Waals surface area (Å²) < 4.78 is 13.5. The number of aromatic hydroxyl groups is 1. The lowest BCUT2D eigenvalue weighted by molar-refractivity contribution is 0.101. The molecule has 1 aromatic rings. The van der Waals surface area contributed by atoms with E-state index in [1.165, 1.54) is 13.0 Å². The molecule has 1 N–H and O–H groups in total. The maximum absolute atomic E-state index is 13.5. The monoisotopic (exact) mass is 267 g/mol. The Bertz CT molecular complexity index is 483. The van der Waals surface area contributed by atoms with Crippen LogP contribution in [-0.4, -0.2) is 28.4 Å². The van der Waals surface area contributed by atoms with Crippen molar-refractivity contribution in [1.82, 2.24) is 4.90 Å². The Labute approximate surface area is 114 Å². The Kier molecular flexibility index (Phi) is 4.69. The molecule has 0 aliphatic heterocycles. The molecule has 19 heavy (non-hydrogen) atoms.